The third-order valence-electron chi connectivity index (χ3n) is 2.17. The van der Waals surface area contributed by atoms with Crippen molar-refractivity contribution in [3.63, 3.8) is 0 Å². The van der Waals surface area contributed by atoms with Crippen LogP contribution in [0.5, 0.6) is 0 Å². The molecule has 1 heterocycles. The fraction of sp³-hybridized carbons (Fsp3) is 0.400. The lowest BCUT2D eigenvalue weighted by atomic mass is 10.2. The molecule has 2 unspecified atom stereocenters. The van der Waals surface area contributed by atoms with Crippen molar-refractivity contribution in [1.82, 2.24) is 0 Å². The molecule has 4 heteroatoms. The van der Waals surface area contributed by atoms with Gasteiger partial charge in [0.1, 0.15) is 0 Å². The van der Waals surface area contributed by atoms with E-state index in [-0.39, 0.29) is 13.2 Å². The van der Waals surface area contributed by atoms with Gasteiger partial charge in [-0.3, -0.25) is 0 Å². The highest BCUT2D eigenvalue weighted by Gasteiger charge is 2.30. The molecule has 1 aliphatic heterocycles. The topological polar surface area (TPSA) is 12.5 Å². The molecule has 2 nitrogen and oxygen atoms in total. The van der Waals surface area contributed by atoms with Crippen LogP contribution in [-0.2, 0) is 4.74 Å². The molecule has 1 aromatic carbocycles. The maximum atomic E-state index is 13.3. The van der Waals surface area contributed by atoms with Gasteiger partial charge >= 0.3 is 0 Å². The van der Waals surface area contributed by atoms with Crippen LogP contribution >= 0.6 is 0 Å². The SMILES string of the molecule is FC1COCC(F)N1c1ccccc1. The van der Waals surface area contributed by atoms with Crippen molar-refractivity contribution in [2.24, 2.45) is 0 Å². The zero-order valence-corrected chi connectivity index (χ0v) is 7.57. The minimum absolute atomic E-state index is 0.0741. The number of morpholine rings is 1. The number of anilines is 1. The first-order chi connectivity index (χ1) is 6.79. The van der Waals surface area contributed by atoms with Crippen LogP contribution in [0, 0.1) is 0 Å². The van der Waals surface area contributed by atoms with Crippen molar-refractivity contribution < 1.29 is 13.5 Å². The molecule has 1 aromatic rings. The molecule has 14 heavy (non-hydrogen) atoms. The fourth-order valence-corrected chi connectivity index (χ4v) is 1.52. The molecule has 0 N–H and O–H groups in total. The Morgan fingerprint density at radius 2 is 1.64 bits per heavy atom. The summed E-state index contributed by atoms with van der Waals surface area (Å²) < 4.78 is 31.4. The summed E-state index contributed by atoms with van der Waals surface area (Å²) >= 11 is 0. The number of nitrogens with zero attached hydrogens (tertiary/aromatic N) is 1. The number of rotatable bonds is 1. The number of benzene rings is 1. The summed E-state index contributed by atoms with van der Waals surface area (Å²) in [6.07, 6.45) is -2.80. The molecule has 0 bridgehead atoms. The maximum absolute atomic E-state index is 13.3. The summed E-state index contributed by atoms with van der Waals surface area (Å²) in [5, 5.41) is 0. The number of alkyl halides is 2. The van der Waals surface area contributed by atoms with Crippen molar-refractivity contribution in [1.29, 1.82) is 0 Å². The quantitative estimate of drug-likeness (QED) is 0.642. The molecule has 1 fully saturated rings. The molecular formula is C10H11F2NO. The summed E-state index contributed by atoms with van der Waals surface area (Å²) in [5.74, 6) is 0. The van der Waals surface area contributed by atoms with Crippen LogP contribution in [-0.4, -0.2) is 25.8 Å². The predicted octanol–water partition coefficient (Wildman–Crippen LogP) is 2.11. The summed E-state index contributed by atoms with van der Waals surface area (Å²) in [6, 6.07) is 8.69. The summed E-state index contributed by atoms with van der Waals surface area (Å²) in [4.78, 5) is 1.10. The van der Waals surface area contributed by atoms with Crippen LogP contribution in [0.3, 0.4) is 0 Å². The van der Waals surface area contributed by atoms with Crippen molar-refractivity contribution >= 4 is 5.69 Å². The Bertz CT molecular complexity index is 283. The van der Waals surface area contributed by atoms with Gasteiger partial charge in [0.25, 0.3) is 0 Å². The smallest absolute Gasteiger partial charge is 0.198 e. The highest BCUT2D eigenvalue weighted by Crippen LogP contribution is 2.24. The minimum atomic E-state index is -1.40. The van der Waals surface area contributed by atoms with Gasteiger partial charge in [0.05, 0.1) is 13.2 Å². The van der Waals surface area contributed by atoms with E-state index in [0.29, 0.717) is 5.69 Å². The van der Waals surface area contributed by atoms with Crippen LogP contribution in [0.15, 0.2) is 30.3 Å². The number of para-hydroxylation sites is 1. The highest BCUT2D eigenvalue weighted by atomic mass is 19.2. The van der Waals surface area contributed by atoms with Gasteiger partial charge in [0.2, 0.25) is 0 Å². The molecular weight excluding hydrogens is 188 g/mol. The van der Waals surface area contributed by atoms with E-state index in [0.717, 1.165) is 4.90 Å². The van der Waals surface area contributed by atoms with Gasteiger partial charge in [-0.05, 0) is 12.1 Å². The number of halogens is 2. The Morgan fingerprint density at radius 3 is 2.21 bits per heavy atom. The van der Waals surface area contributed by atoms with Crippen molar-refractivity contribution in [3.05, 3.63) is 30.3 Å². The van der Waals surface area contributed by atoms with Crippen molar-refractivity contribution in [2.45, 2.75) is 12.6 Å². The van der Waals surface area contributed by atoms with E-state index in [1.165, 1.54) is 0 Å². The summed E-state index contributed by atoms with van der Waals surface area (Å²) in [6.45, 7) is -0.148. The summed E-state index contributed by atoms with van der Waals surface area (Å²) in [5.41, 5.74) is 0.552. The van der Waals surface area contributed by atoms with E-state index in [1.807, 2.05) is 6.07 Å². The first-order valence-corrected chi connectivity index (χ1v) is 4.48. The maximum Gasteiger partial charge on any atom is 0.198 e. The molecule has 2 rings (SSSR count). The Morgan fingerprint density at radius 1 is 1.07 bits per heavy atom. The van der Waals surface area contributed by atoms with Crippen LogP contribution in [0.25, 0.3) is 0 Å². The lowest BCUT2D eigenvalue weighted by Gasteiger charge is -2.35. The van der Waals surface area contributed by atoms with E-state index in [4.69, 9.17) is 4.74 Å². The number of ether oxygens (including phenoxy) is 1. The van der Waals surface area contributed by atoms with Crippen molar-refractivity contribution in [3.8, 4) is 0 Å². The molecule has 0 amide bonds. The van der Waals surface area contributed by atoms with E-state index >= 15 is 0 Å². The van der Waals surface area contributed by atoms with Crippen LogP contribution < -0.4 is 4.90 Å². The predicted molar refractivity (Wildman–Crippen MR) is 49.5 cm³/mol. The second kappa shape index (κ2) is 3.92. The van der Waals surface area contributed by atoms with Gasteiger partial charge in [0, 0.05) is 5.69 Å². The van der Waals surface area contributed by atoms with Gasteiger partial charge in [-0.15, -0.1) is 0 Å². The molecule has 0 saturated carbocycles. The largest absolute Gasteiger partial charge is 0.371 e. The standard InChI is InChI=1S/C10H11F2NO/c11-9-6-14-7-10(12)13(9)8-4-2-1-3-5-8/h1-5,9-10H,6-7H2. The lowest BCUT2D eigenvalue weighted by Crippen LogP contribution is -2.48. The van der Waals surface area contributed by atoms with Crippen LogP contribution in [0.4, 0.5) is 14.5 Å². The highest BCUT2D eigenvalue weighted by molar-refractivity contribution is 5.47. The number of hydrogen-bond donors (Lipinski definition) is 0. The first-order valence-electron chi connectivity index (χ1n) is 4.48. The Hall–Kier alpha value is -1.16. The molecule has 0 aromatic heterocycles. The lowest BCUT2D eigenvalue weighted by molar-refractivity contribution is -0.00983. The van der Waals surface area contributed by atoms with E-state index in [2.05, 4.69) is 0 Å². The Labute approximate surface area is 81.1 Å². The molecule has 1 aliphatic rings. The molecule has 76 valence electrons. The van der Waals surface area contributed by atoms with Gasteiger partial charge in [0.15, 0.2) is 12.6 Å². The second-order valence-electron chi connectivity index (χ2n) is 3.15. The van der Waals surface area contributed by atoms with Gasteiger partial charge in [-0.2, -0.15) is 0 Å². The first kappa shape index (κ1) is 9.40. The monoisotopic (exact) mass is 199 g/mol. The zero-order valence-electron chi connectivity index (χ0n) is 7.57. The third-order valence-corrected chi connectivity index (χ3v) is 2.17. The minimum Gasteiger partial charge on any atom is -0.371 e. The van der Waals surface area contributed by atoms with Crippen molar-refractivity contribution in [2.75, 3.05) is 18.1 Å². The summed E-state index contributed by atoms with van der Waals surface area (Å²) in [7, 11) is 0. The molecule has 1 saturated heterocycles. The second-order valence-corrected chi connectivity index (χ2v) is 3.15. The zero-order chi connectivity index (χ0) is 9.97. The molecule has 0 radical (unpaired) electrons. The van der Waals surface area contributed by atoms with Crippen LogP contribution in [0.1, 0.15) is 0 Å². The van der Waals surface area contributed by atoms with Gasteiger partial charge in [-0.25, -0.2) is 8.78 Å². The molecule has 0 spiro atoms. The van der Waals surface area contributed by atoms with Gasteiger partial charge < -0.3 is 9.64 Å². The van der Waals surface area contributed by atoms with E-state index in [9.17, 15) is 8.78 Å². The normalized spacial score (nSPS) is 27.7. The van der Waals surface area contributed by atoms with Gasteiger partial charge in [-0.1, -0.05) is 18.2 Å². The van der Waals surface area contributed by atoms with E-state index in [1.54, 1.807) is 24.3 Å². The average Bonchev–Trinajstić information content (AvgIpc) is 2.19. The van der Waals surface area contributed by atoms with Crippen LogP contribution in [0.2, 0.25) is 0 Å². The molecule has 0 aliphatic carbocycles. The Balaban J connectivity index is 2.23. The third kappa shape index (κ3) is 1.70. The number of hydrogen-bond acceptors (Lipinski definition) is 2. The average molecular weight is 199 g/mol. The Kier molecular flexibility index (Phi) is 2.63. The molecule has 2 atom stereocenters. The van der Waals surface area contributed by atoms with E-state index < -0.39 is 12.6 Å². The fourth-order valence-electron chi connectivity index (χ4n) is 1.52.